The normalized spacial score (nSPS) is 18.3. The predicted octanol–water partition coefficient (Wildman–Crippen LogP) is 0.201. The number of rotatable bonds is 9. The van der Waals surface area contributed by atoms with Crippen LogP contribution in [0, 0.1) is 0 Å². The van der Waals surface area contributed by atoms with E-state index >= 15 is 0 Å². The van der Waals surface area contributed by atoms with Crippen molar-refractivity contribution >= 4 is 5.96 Å². The van der Waals surface area contributed by atoms with Crippen molar-refractivity contribution in [3.63, 3.8) is 0 Å². The van der Waals surface area contributed by atoms with Crippen LogP contribution >= 0.6 is 0 Å². The number of aryl methyl sites for hydroxylation is 1. The fourth-order valence-electron chi connectivity index (χ4n) is 2.43. The lowest BCUT2D eigenvalue weighted by Crippen LogP contribution is -2.39. The summed E-state index contributed by atoms with van der Waals surface area (Å²) in [5.41, 5.74) is 0. The van der Waals surface area contributed by atoms with E-state index in [1.54, 1.807) is 13.4 Å². The molecule has 2 rings (SSSR count). The predicted molar refractivity (Wildman–Crippen MR) is 88.6 cm³/mol. The maximum atomic E-state index is 5.73. The number of guanidine groups is 1. The zero-order valence-corrected chi connectivity index (χ0v) is 14.1. The first-order valence-corrected chi connectivity index (χ1v) is 8.34. The average molecular weight is 324 g/mol. The first-order chi connectivity index (χ1) is 11.3. The number of nitrogens with one attached hydrogen (secondary N) is 2. The summed E-state index contributed by atoms with van der Waals surface area (Å²) in [6, 6.07) is 0. The van der Waals surface area contributed by atoms with E-state index in [9.17, 15) is 0 Å². The summed E-state index contributed by atoms with van der Waals surface area (Å²) in [5.74, 6) is 1.81. The molecule has 0 aromatic carbocycles. The summed E-state index contributed by atoms with van der Waals surface area (Å²) in [6.07, 6.45) is 4.89. The summed E-state index contributed by atoms with van der Waals surface area (Å²) in [6.45, 7) is 6.82. The molecule has 0 radical (unpaired) electrons. The molecule has 0 saturated carbocycles. The lowest BCUT2D eigenvalue weighted by atomic mass is 10.3. The van der Waals surface area contributed by atoms with Crippen LogP contribution in [-0.2, 0) is 22.4 Å². The fourth-order valence-corrected chi connectivity index (χ4v) is 2.43. The zero-order chi connectivity index (χ0) is 16.3. The minimum absolute atomic E-state index is 0.281. The Hall–Kier alpha value is -1.67. The van der Waals surface area contributed by atoms with Crippen molar-refractivity contribution < 1.29 is 9.47 Å². The monoisotopic (exact) mass is 324 g/mol. The molecule has 8 heteroatoms. The topological polar surface area (TPSA) is 85.6 Å². The second-order valence-electron chi connectivity index (χ2n) is 5.43. The molecular formula is C15H28N6O2. The van der Waals surface area contributed by atoms with Crippen molar-refractivity contribution in [2.24, 2.45) is 4.99 Å². The molecule has 2 heterocycles. The summed E-state index contributed by atoms with van der Waals surface area (Å²) in [5, 5.41) is 14.6. The van der Waals surface area contributed by atoms with Gasteiger partial charge in [-0.05, 0) is 12.8 Å². The third-order valence-corrected chi connectivity index (χ3v) is 3.74. The van der Waals surface area contributed by atoms with Crippen LogP contribution in [-0.4, -0.2) is 66.8 Å². The van der Waals surface area contributed by atoms with Gasteiger partial charge in [-0.25, -0.2) is 0 Å². The van der Waals surface area contributed by atoms with Crippen molar-refractivity contribution in [3.8, 4) is 0 Å². The Morgan fingerprint density at radius 3 is 3.09 bits per heavy atom. The molecule has 1 aliphatic rings. The largest absolute Gasteiger partial charge is 0.379 e. The van der Waals surface area contributed by atoms with Gasteiger partial charge in [0, 0.05) is 46.3 Å². The van der Waals surface area contributed by atoms with Gasteiger partial charge in [0.2, 0.25) is 0 Å². The summed E-state index contributed by atoms with van der Waals surface area (Å²) in [7, 11) is 1.78. The van der Waals surface area contributed by atoms with E-state index < -0.39 is 0 Å². The third kappa shape index (κ3) is 6.15. The Morgan fingerprint density at radius 1 is 1.48 bits per heavy atom. The SMILES string of the molecule is CCc1nncn1CCNC(=NC)NCCCOC1CCOC1. The molecular weight excluding hydrogens is 296 g/mol. The molecule has 2 N–H and O–H groups in total. The molecule has 1 aliphatic heterocycles. The van der Waals surface area contributed by atoms with Crippen LogP contribution in [0.2, 0.25) is 0 Å². The molecule has 1 saturated heterocycles. The highest BCUT2D eigenvalue weighted by Gasteiger charge is 2.15. The highest BCUT2D eigenvalue weighted by Crippen LogP contribution is 2.07. The first-order valence-electron chi connectivity index (χ1n) is 8.34. The van der Waals surface area contributed by atoms with E-state index in [1.165, 1.54) is 0 Å². The molecule has 23 heavy (non-hydrogen) atoms. The van der Waals surface area contributed by atoms with Gasteiger partial charge in [-0.3, -0.25) is 4.99 Å². The Balaban J connectivity index is 1.54. The average Bonchev–Trinajstić information content (AvgIpc) is 3.24. The molecule has 1 aromatic rings. The highest BCUT2D eigenvalue weighted by molar-refractivity contribution is 5.79. The van der Waals surface area contributed by atoms with E-state index in [0.29, 0.717) is 0 Å². The van der Waals surface area contributed by atoms with Crippen LogP contribution in [0.4, 0.5) is 0 Å². The van der Waals surface area contributed by atoms with E-state index in [1.807, 2.05) is 0 Å². The summed E-state index contributed by atoms with van der Waals surface area (Å²) in [4.78, 5) is 4.22. The molecule has 1 aromatic heterocycles. The molecule has 0 bridgehead atoms. The van der Waals surface area contributed by atoms with Crippen LogP contribution in [0.5, 0.6) is 0 Å². The number of hydrogen-bond donors (Lipinski definition) is 2. The van der Waals surface area contributed by atoms with Gasteiger partial charge >= 0.3 is 0 Å². The first kappa shape index (κ1) is 17.7. The molecule has 1 atom stereocenters. The standard InChI is InChI=1S/C15H28N6O2/c1-3-14-20-19-12-21(14)8-7-18-15(16-2)17-6-4-9-23-13-5-10-22-11-13/h12-13H,3-11H2,1-2H3,(H2,16,17,18). The van der Waals surface area contributed by atoms with E-state index in [-0.39, 0.29) is 6.10 Å². The van der Waals surface area contributed by atoms with Gasteiger partial charge in [0.1, 0.15) is 12.2 Å². The van der Waals surface area contributed by atoms with Crippen LogP contribution in [0.1, 0.15) is 25.6 Å². The van der Waals surface area contributed by atoms with Gasteiger partial charge in [-0.1, -0.05) is 6.92 Å². The van der Waals surface area contributed by atoms with Gasteiger partial charge in [0.25, 0.3) is 0 Å². The molecule has 130 valence electrons. The van der Waals surface area contributed by atoms with Crippen molar-refractivity contribution in [3.05, 3.63) is 12.2 Å². The van der Waals surface area contributed by atoms with Crippen molar-refractivity contribution in [1.82, 2.24) is 25.4 Å². The molecule has 0 aliphatic carbocycles. The van der Waals surface area contributed by atoms with Crippen molar-refractivity contribution in [2.45, 2.75) is 38.8 Å². The maximum Gasteiger partial charge on any atom is 0.191 e. The molecule has 1 unspecified atom stereocenters. The van der Waals surface area contributed by atoms with Gasteiger partial charge < -0.3 is 24.7 Å². The Bertz CT molecular complexity index is 470. The maximum absolute atomic E-state index is 5.73. The Labute approximate surface area is 137 Å². The van der Waals surface area contributed by atoms with Crippen LogP contribution in [0.15, 0.2) is 11.3 Å². The molecule has 1 fully saturated rings. The summed E-state index contributed by atoms with van der Waals surface area (Å²) < 4.78 is 13.1. The smallest absolute Gasteiger partial charge is 0.191 e. The van der Waals surface area contributed by atoms with Gasteiger partial charge in [0.15, 0.2) is 5.96 Å². The molecule has 0 amide bonds. The quantitative estimate of drug-likeness (QED) is 0.383. The van der Waals surface area contributed by atoms with E-state index in [4.69, 9.17) is 9.47 Å². The number of nitrogens with zero attached hydrogens (tertiary/aromatic N) is 4. The van der Waals surface area contributed by atoms with Crippen molar-refractivity contribution in [1.29, 1.82) is 0 Å². The minimum atomic E-state index is 0.281. The van der Waals surface area contributed by atoms with E-state index in [2.05, 4.69) is 37.3 Å². The lowest BCUT2D eigenvalue weighted by Gasteiger charge is -2.13. The fraction of sp³-hybridized carbons (Fsp3) is 0.800. The number of aromatic nitrogens is 3. The second kappa shape index (κ2) is 10.2. The van der Waals surface area contributed by atoms with Gasteiger partial charge in [-0.15, -0.1) is 10.2 Å². The van der Waals surface area contributed by atoms with Crippen molar-refractivity contribution in [2.75, 3.05) is 40.0 Å². The van der Waals surface area contributed by atoms with E-state index in [0.717, 1.165) is 70.5 Å². The molecule has 8 nitrogen and oxygen atoms in total. The highest BCUT2D eigenvalue weighted by atomic mass is 16.5. The number of aliphatic imine (C=N–C) groups is 1. The lowest BCUT2D eigenvalue weighted by molar-refractivity contribution is 0.0420. The second-order valence-corrected chi connectivity index (χ2v) is 5.43. The Morgan fingerprint density at radius 2 is 2.35 bits per heavy atom. The minimum Gasteiger partial charge on any atom is -0.379 e. The van der Waals surface area contributed by atoms with Crippen LogP contribution in [0.25, 0.3) is 0 Å². The Kier molecular flexibility index (Phi) is 7.82. The summed E-state index contributed by atoms with van der Waals surface area (Å²) >= 11 is 0. The number of hydrogen-bond acceptors (Lipinski definition) is 5. The number of ether oxygens (including phenoxy) is 2. The van der Waals surface area contributed by atoms with Crippen LogP contribution in [0.3, 0.4) is 0 Å². The van der Waals surface area contributed by atoms with Gasteiger partial charge in [-0.2, -0.15) is 0 Å². The zero-order valence-electron chi connectivity index (χ0n) is 14.1. The molecule has 0 spiro atoms. The third-order valence-electron chi connectivity index (χ3n) is 3.74. The van der Waals surface area contributed by atoms with Crippen LogP contribution < -0.4 is 10.6 Å². The van der Waals surface area contributed by atoms with Gasteiger partial charge in [0.05, 0.1) is 12.7 Å².